The van der Waals surface area contributed by atoms with Gasteiger partial charge in [0.25, 0.3) is 0 Å². The molecule has 0 aliphatic carbocycles. The Bertz CT molecular complexity index is 744. The Morgan fingerprint density at radius 1 is 1.12 bits per heavy atom. The van der Waals surface area contributed by atoms with Crippen molar-refractivity contribution < 1.29 is 22.7 Å². The molecule has 2 N–H and O–H groups in total. The molecule has 24 heavy (non-hydrogen) atoms. The molecule has 1 heterocycles. The lowest BCUT2D eigenvalue weighted by Crippen LogP contribution is -2.39. The third-order valence-corrected chi connectivity index (χ3v) is 3.91. The summed E-state index contributed by atoms with van der Waals surface area (Å²) in [6, 6.07) is 12.4. The van der Waals surface area contributed by atoms with Crippen molar-refractivity contribution in [2.45, 2.75) is 18.7 Å². The van der Waals surface area contributed by atoms with Gasteiger partial charge in [-0.25, -0.2) is 4.79 Å². The number of hydrogen-bond donors (Lipinski definition) is 1. The number of fused-ring (bicyclic) bond motifs is 1. The van der Waals surface area contributed by atoms with Crippen molar-refractivity contribution in [1.82, 2.24) is 0 Å². The van der Waals surface area contributed by atoms with Crippen LogP contribution in [-0.2, 0) is 17.3 Å². The molecule has 0 aromatic heterocycles. The maximum Gasteiger partial charge on any atom is 0.416 e. The minimum Gasteiger partial charge on any atom is -0.444 e. The standard InChI is InChI=1S/C17H15F3N2O2/c18-17(19,20)12-5-7-13(8-6-12)22-10-14(24-16(21)23)9-11-3-1-2-4-15(11)22/h1-8,14H,9-10H2,(H2,21,23). The van der Waals surface area contributed by atoms with Crippen molar-refractivity contribution in [3.8, 4) is 0 Å². The molecule has 2 aromatic rings. The molecule has 1 aliphatic rings. The van der Waals surface area contributed by atoms with Crippen LogP contribution >= 0.6 is 0 Å². The van der Waals surface area contributed by atoms with E-state index in [-0.39, 0.29) is 0 Å². The SMILES string of the molecule is NC(=O)OC1Cc2ccccc2N(c2ccc(C(F)(F)F)cc2)C1. The summed E-state index contributed by atoms with van der Waals surface area (Å²) >= 11 is 0. The number of amides is 1. The number of carbonyl (C=O) groups excluding carboxylic acids is 1. The fraction of sp³-hybridized carbons (Fsp3) is 0.235. The van der Waals surface area contributed by atoms with E-state index >= 15 is 0 Å². The molecule has 1 aliphatic heterocycles. The molecule has 2 aromatic carbocycles. The van der Waals surface area contributed by atoms with Crippen LogP contribution in [0.3, 0.4) is 0 Å². The van der Waals surface area contributed by atoms with E-state index < -0.39 is 23.9 Å². The van der Waals surface area contributed by atoms with E-state index in [2.05, 4.69) is 0 Å². The van der Waals surface area contributed by atoms with Crippen LogP contribution in [0.1, 0.15) is 11.1 Å². The van der Waals surface area contributed by atoms with Gasteiger partial charge in [-0.15, -0.1) is 0 Å². The van der Waals surface area contributed by atoms with E-state index in [0.717, 1.165) is 23.4 Å². The van der Waals surface area contributed by atoms with Crippen LogP contribution in [0.4, 0.5) is 29.3 Å². The van der Waals surface area contributed by atoms with Crippen LogP contribution in [0.2, 0.25) is 0 Å². The van der Waals surface area contributed by atoms with Crippen LogP contribution in [-0.4, -0.2) is 18.7 Å². The smallest absolute Gasteiger partial charge is 0.416 e. The number of anilines is 2. The second-order valence-corrected chi connectivity index (χ2v) is 5.55. The Kier molecular flexibility index (Phi) is 4.09. The van der Waals surface area contributed by atoms with E-state index in [1.54, 1.807) is 0 Å². The summed E-state index contributed by atoms with van der Waals surface area (Å²) in [5.41, 5.74) is 6.79. The molecular weight excluding hydrogens is 321 g/mol. The molecule has 1 atom stereocenters. The van der Waals surface area contributed by atoms with Crippen LogP contribution in [0, 0.1) is 0 Å². The number of benzene rings is 2. The molecular formula is C17H15F3N2O2. The van der Waals surface area contributed by atoms with Gasteiger partial charge in [-0.05, 0) is 35.9 Å². The van der Waals surface area contributed by atoms with E-state index in [4.69, 9.17) is 10.5 Å². The quantitative estimate of drug-likeness (QED) is 0.906. The number of hydrogen-bond acceptors (Lipinski definition) is 3. The van der Waals surface area contributed by atoms with Crippen molar-refractivity contribution in [2.75, 3.05) is 11.4 Å². The molecule has 0 spiro atoms. The molecule has 0 radical (unpaired) electrons. The molecule has 1 amide bonds. The summed E-state index contributed by atoms with van der Waals surface area (Å²) in [6.45, 7) is 0.325. The maximum absolute atomic E-state index is 12.7. The largest absolute Gasteiger partial charge is 0.444 e. The van der Waals surface area contributed by atoms with Gasteiger partial charge in [0.05, 0.1) is 12.1 Å². The lowest BCUT2D eigenvalue weighted by atomic mass is 9.98. The number of para-hydroxylation sites is 1. The summed E-state index contributed by atoms with van der Waals surface area (Å²) in [5.74, 6) is 0. The van der Waals surface area contributed by atoms with Gasteiger partial charge in [0.15, 0.2) is 0 Å². The predicted molar refractivity (Wildman–Crippen MR) is 83.1 cm³/mol. The van der Waals surface area contributed by atoms with Crippen molar-refractivity contribution >= 4 is 17.5 Å². The summed E-state index contributed by atoms with van der Waals surface area (Å²) < 4.78 is 43.3. The number of nitrogens with zero attached hydrogens (tertiary/aromatic N) is 1. The van der Waals surface area contributed by atoms with Gasteiger partial charge in [-0.3, -0.25) is 0 Å². The van der Waals surface area contributed by atoms with Crippen molar-refractivity contribution in [3.63, 3.8) is 0 Å². The highest BCUT2D eigenvalue weighted by Crippen LogP contribution is 2.36. The number of ether oxygens (including phenoxy) is 1. The molecule has 7 heteroatoms. The molecule has 0 bridgehead atoms. The summed E-state index contributed by atoms with van der Waals surface area (Å²) in [5, 5.41) is 0. The molecule has 0 saturated carbocycles. The fourth-order valence-electron chi connectivity index (χ4n) is 2.88. The first-order valence-corrected chi connectivity index (χ1v) is 7.33. The second-order valence-electron chi connectivity index (χ2n) is 5.55. The van der Waals surface area contributed by atoms with E-state index in [1.807, 2.05) is 29.2 Å². The van der Waals surface area contributed by atoms with E-state index in [9.17, 15) is 18.0 Å². The Morgan fingerprint density at radius 2 is 1.79 bits per heavy atom. The van der Waals surface area contributed by atoms with E-state index in [0.29, 0.717) is 18.7 Å². The maximum atomic E-state index is 12.7. The van der Waals surface area contributed by atoms with Crippen molar-refractivity contribution in [3.05, 3.63) is 59.7 Å². The molecule has 4 nitrogen and oxygen atoms in total. The van der Waals surface area contributed by atoms with Gasteiger partial charge in [-0.2, -0.15) is 13.2 Å². The Balaban J connectivity index is 1.94. The summed E-state index contributed by atoms with van der Waals surface area (Å²) in [7, 11) is 0. The third-order valence-electron chi connectivity index (χ3n) is 3.91. The monoisotopic (exact) mass is 336 g/mol. The molecule has 0 saturated heterocycles. The van der Waals surface area contributed by atoms with Gasteiger partial charge in [0.2, 0.25) is 0 Å². The molecule has 3 rings (SSSR count). The van der Waals surface area contributed by atoms with Crippen LogP contribution < -0.4 is 10.6 Å². The van der Waals surface area contributed by atoms with Crippen LogP contribution in [0.25, 0.3) is 0 Å². The molecule has 1 unspecified atom stereocenters. The average molecular weight is 336 g/mol. The number of rotatable bonds is 2. The topological polar surface area (TPSA) is 55.6 Å². The fourth-order valence-corrected chi connectivity index (χ4v) is 2.88. The lowest BCUT2D eigenvalue weighted by Gasteiger charge is -2.35. The van der Waals surface area contributed by atoms with Crippen LogP contribution in [0.15, 0.2) is 48.5 Å². The zero-order valence-electron chi connectivity index (χ0n) is 12.6. The van der Waals surface area contributed by atoms with Crippen molar-refractivity contribution in [2.24, 2.45) is 5.73 Å². The molecule has 0 fully saturated rings. The number of carbonyl (C=O) groups is 1. The second kappa shape index (κ2) is 6.07. The minimum absolute atomic E-state index is 0.325. The number of alkyl halides is 3. The predicted octanol–water partition coefficient (Wildman–Crippen LogP) is 3.86. The first kappa shape index (κ1) is 16.2. The van der Waals surface area contributed by atoms with Gasteiger partial charge in [0, 0.05) is 17.8 Å². The Labute approximate surface area is 136 Å². The zero-order valence-corrected chi connectivity index (χ0v) is 12.6. The van der Waals surface area contributed by atoms with Crippen molar-refractivity contribution in [1.29, 1.82) is 0 Å². The number of nitrogens with two attached hydrogens (primary N) is 1. The van der Waals surface area contributed by atoms with Gasteiger partial charge < -0.3 is 15.4 Å². The highest BCUT2D eigenvalue weighted by Gasteiger charge is 2.31. The first-order chi connectivity index (χ1) is 11.3. The first-order valence-electron chi connectivity index (χ1n) is 7.33. The normalized spacial score (nSPS) is 17.3. The summed E-state index contributed by atoms with van der Waals surface area (Å²) in [6.07, 6.45) is -5.20. The third kappa shape index (κ3) is 3.29. The highest BCUT2D eigenvalue weighted by molar-refractivity contribution is 5.70. The lowest BCUT2D eigenvalue weighted by molar-refractivity contribution is -0.137. The Morgan fingerprint density at radius 3 is 2.42 bits per heavy atom. The minimum atomic E-state index is -4.38. The van der Waals surface area contributed by atoms with E-state index in [1.165, 1.54) is 12.1 Å². The average Bonchev–Trinajstić information content (AvgIpc) is 2.53. The van der Waals surface area contributed by atoms with Crippen LogP contribution in [0.5, 0.6) is 0 Å². The van der Waals surface area contributed by atoms with Gasteiger partial charge in [-0.1, -0.05) is 18.2 Å². The highest BCUT2D eigenvalue weighted by atomic mass is 19.4. The summed E-state index contributed by atoms with van der Waals surface area (Å²) in [4.78, 5) is 12.9. The zero-order chi connectivity index (χ0) is 17.3. The van der Waals surface area contributed by atoms with Gasteiger partial charge >= 0.3 is 12.3 Å². The number of halogens is 3. The molecule has 126 valence electrons. The van der Waals surface area contributed by atoms with Gasteiger partial charge in [0.1, 0.15) is 6.10 Å². The number of primary amides is 1. The Hall–Kier alpha value is -2.70.